The van der Waals surface area contributed by atoms with Crippen LogP contribution in [0.3, 0.4) is 0 Å². The molecule has 2 nitrogen and oxygen atoms in total. The summed E-state index contributed by atoms with van der Waals surface area (Å²) in [5.74, 6) is 0.882. The Balaban J connectivity index is 0.00000324. The van der Waals surface area contributed by atoms with Crippen molar-refractivity contribution in [3.8, 4) is 5.75 Å². The van der Waals surface area contributed by atoms with E-state index in [2.05, 4.69) is 56.2 Å². The van der Waals surface area contributed by atoms with Crippen LogP contribution in [0.25, 0.3) is 0 Å². The second-order valence-corrected chi connectivity index (χ2v) is 5.91. The molecular formula is C14H22Br2ClNO. The Morgan fingerprint density at radius 2 is 1.74 bits per heavy atom. The van der Waals surface area contributed by atoms with Crippen molar-refractivity contribution in [1.29, 1.82) is 0 Å². The molecular weight excluding hydrogens is 393 g/mol. The SMILES string of the molecule is CCCCCNCc1cc(Br)c(OCC)c(Br)c1.Cl. The molecule has 0 aliphatic rings. The zero-order chi connectivity index (χ0) is 13.4. The van der Waals surface area contributed by atoms with E-state index in [1.807, 2.05) is 6.92 Å². The van der Waals surface area contributed by atoms with E-state index in [0.29, 0.717) is 6.61 Å². The van der Waals surface area contributed by atoms with Crippen LogP contribution < -0.4 is 10.1 Å². The first-order chi connectivity index (χ1) is 8.69. The van der Waals surface area contributed by atoms with E-state index in [9.17, 15) is 0 Å². The lowest BCUT2D eigenvalue weighted by atomic mass is 10.2. The Morgan fingerprint density at radius 3 is 2.26 bits per heavy atom. The predicted molar refractivity (Wildman–Crippen MR) is 91.5 cm³/mol. The highest BCUT2D eigenvalue weighted by Gasteiger charge is 2.08. The van der Waals surface area contributed by atoms with Crippen molar-refractivity contribution in [3.63, 3.8) is 0 Å². The fourth-order valence-corrected chi connectivity index (χ4v) is 3.24. The molecule has 0 amide bonds. The molecule has 0 fully saturated rings. The summed E-state index contributed by atoms with van der Waals surface area (Å²) in [5.41, 5.74) is 1.26. The minimum atomic E-state index is 0. The van der Waals surface area contributed by atoms with Gasteiger partial charge >= 0.3 is 0 Å². The van der Waals surface area contributed by atoms with E-state index in [1.165, 1.54) is 24.8 Å². The van der Waals surface area contributed by atoms with Gasteiger partial charge in [-0.3, -0.25) is 0 Å². The first kappa shape index (κ1) is 19.2. The number of unbranched alkanes of at least 4 members (excludes halogenated alkanes) is 2. The Labute approximate surface area is 139 Å². The average Bonchev–Trinajstić information content (AvgIpc) is 2.33. The van der Waals surface area contributed by atoms with E-state index < -0.39 is 0 Å². The van der Waals surface area contributed by atoms with E-state index >= 15 is 0 Å². The highest BCUT2D eigenvalue weighted by atomic mass is 79.9. The van der Waals surface area contributed by atoms with Crippen LogP contribution in [0.5, 0.6) is 5.75 Å². The fraction of sp³-hybridized carbons (Fsp3) is 0.571. The lowest BCUT2D eigenvalue weighted by molar-refractivity contribution is 0.336. The summed E-state index contributed by atoms with van der Waals surface area (Å²) in [4.78, 5) is 0. The van der Waals surface area contributed by atoms with Gasteiger partial charge in [-0.15, -0.1) is 12.4 Å². The van der Waals surface area contributed by atoms with E-state index in [4.69, 9.17) is 4.74 Å². The summed E-state index contributed by atoms with van der Waals surface area (Å²) in [6.07, 6.45) is 3.81. The number of nitrogens with one attached hydrogen (secondary N) is 1. The van der Waals surface area contributed by atoms with Crippen LogP contribution in [0.4, 0.5) is 0 Å². The van der Waals surface area contributed by atoms with Crippen LogP contribution in [-0.4, -0.2) is 13.2 Å². The second-order valence-electron chi connectivity index (χ2n) is 4.21. The largest absolute Gasteiger partial charge is 0.492 e. The molecule has 1 N–H and O–H groups in total. The number of rotatable bonds is 8. The molecule has 0 saturated heterocycles. The molecule has 0 atom stereocenters. The second kappa shape index (κ2) is 11.0. The van der Waals surface area contributed by atoms with Crippen molar-refractivity contribution in [1.82, 2.24) is 5.32 Å². The zero-order valence-corrected chi connectivity index (χ0v) is 15.5. The van der Waals surface area contributed by atoms with Crippen LogP contribution in [0, 0.1) is 0 Å². The Kier molecular flexibility index (Phi) is 11.1. The van der Waals surface area contributed by atoms with Crippen LogP contribution >= 0.6 is 44.3 Å². The maximum Gasteiger partial charge on any atom is 0.147 e. The van der Waals surface area contributed by atoms with Crippen LogP contribution in [-0.2, 0) is 6.54 Å². The third-order valence-electron chi connectivity index (χ3n) is 2.63. The molecule has 0 unspecified atom stereocenters. The molecule has 5 heteroatoms. The quantitative estimate of drug-likeness (QED) is 0.581. The van der Waals surface area contributed by atoms with Crippen LogP contribution in [0.2, 0.25) is 0 Å². The topological polar surface area (TPSA) is 21.3 Å². The number of ether oxygens (including phenoxy) is 1. The molecule has 1 aromatic carbocycles. The van der Waals surface area contributed by atoms with Gasteiger partial charge in [0.05, 0.1) is 15.6 Å². The highest BCUT2D eigenvalue weighted by Crippen LogP contribution is 2.34. The average molecular weight is 416 g/mol. The number of hydrogen-bond acceptors (Lipinski definition) is 2. The number of halogens is 3. The third kappa shape index (κ3) is 6.98. The molecule has 0 spiro atoms. The Bertz CT molecular complexity index is 351. The van der Waals surface area contributed by atoms with Gasteiger partial charge in [0.25, 0.3) is 0 Å². The van der Waals surface area contributed by atoms with Crippen molar-refractivity contribution >= 4 is 44.3 Å². The van der Waals surface area contributed by atoms with Gasteiger partial charge in [0.15, 0.2) is 0 Å². The molecule has 0 saturated carbocycles. The van der Waals surface area contributed by atoms with Gasteiger partial charge in [0, 0.05) is 6.54 Å². The predicted octanol–water partition coefficient (Wildman–Crippen LogP) is 5.31. The maximum absolute atomic E-state index is 5.57. The highest BCUT2D eigenvalue weighted by molar-refractivity contribution is 9.11. The molecule has 0 aromatic heterocycles. The molecule has 1 aromatic rings. The maximum atomic E-state index is 5.57. The van der Waals surface area contributed by atoms with E-state index in [0.717, 1.165) is 27.8 Å². The van der Waals surface area contributed by atoms with Gasteiger partial charge in [0.1, 0.15) is 5.75 Å². The summed E-state index contributed by atoms with van der Waals surface area (Å²) in [6, 6.07) is 4.23. The van der Waals surface area contributed by atoms with Gasteiger partial charge in [-0.1, -0.05) is 19.8 Å². The van der Waals surface area contributed by atoms with Gasteiger partial charge in [0.2, 0.25) is 0 Å². The molecule has 0 radical (unpaired) electrons. The number of benzene rings is 1. The molecule has 0 aliphatic carbocycles. The van der Waals surface area contributed by atoms with Crippen molar-refractivity contribution in [2.24, 2.45) is 0 Å². The van der Waals surface area contributed by atoms with E-state index in [-0.39, 0.29) is 12.4 Å². The zero-order valence-electron chi connectivity index (χ0n) is 11.5. The molecule has 0 aliphatic heterocycles. The lowest BCUT2D eigenvalue weighted by Crippen LogP contribution is -2.14. The van der Waals surface area contributed by atoms with Crippen molar-refractivity contribution in [2.75, 3.05) is 13.2 Å². The molecule has 19 heavy (non-hydrogen) atoms. The number of hydrogen-bond donors (Lipinski definition) is 1. The molecule has 0 heterocycles. The molecule has 1 rings (SSSR count). The monoisotopic (exact) mass is 413 g/mol. The Morgan fingerprint density at radius 1 is 1.11 bits per heavy atom. The molecule has 0 bridgehead atoms. The van der Waals surface area contributed by atoms with Gasteiger partial charge in [-0.2, -0.15) is 0 Å². The van der Waals surface area contributed by atoms with Gasteiger partial charge in [-0.25, -0.2) is 0 Å². The summed E-state index contributed by atoms with van der Waals surface area (Å²) >= 11 is 7.10. The fourth-order valence-electron chi connectivity index (χ4n) is 1.73. The normalized spacial score (nSPS) is 10.1. The van der Waals surface area contributed by atoms with Crippen molar-refractivity contribution in [2.45, 2.75) is 39.7 Å². The summed E-state index contributed by atoms with van der Waals surface area (Å²) in [5, 5.41) is 3.46. The summed E-state index contributed by atoms with van der Waals surface area (Å²) < 4.78 is 7.57. The van der Waals surface area contributed by atoms with E-state index in [1.54, 1.807) is 0 Å². The van der Waals surface area contributed by atoms with Crippen LogP contribution in [0.15, 0.2) is 21.1 Å². The summed E-state index contributed by atoms with van der Waals surface area (Å²) in [6.45, 7) is 6.86. The first-order valence-electron chi connectivity index (χ1n) is 6.50. The minimum absolute atomic E-state index is 0. The smallest absolute Gasteiger partial charge is 0.147 e. The Hall–Kier alpha value is 0.230. The van der Waals surface area contributed by atoms with Gasteiger partial charge < -0.3 is 10.1 Å². The van der Waals surface area contributed by atoms with Crippen LogP contribution in [0.1, 0.15) is 38.7 Å². The van der Waals surface area contributed by atoms with Crippen molar-refractivity contribution < 1.29 is 4.74 Å². The summed E-state index contributed by atoms with van der Waals surface area (Å²) in [7, 11) is 0. The lowest BCUT2D eigenvalue weighted by Gasteiger charge is -2.11. The standard InChI is InChI=1S/C14H21Br2NO.ClH/c1-3-5-6-7-17-10-11-8-12(15)14(18-4-2)13(16)9-11;/h8-9,17H,3-7,10H2,1-2H3;1H. The van der Waals surface area contributed by atoms with Gasteiger partial charge in [-0.05, 0) is 69.4 Å². The van der Waals surface area contributed by atoms with Crippen molar-refractivity contribution in [3.05, 3.63) is 26.6 Å². The first-order valence-corrected chi connectivity index (χ1v) is 8.09. The third-order valence-corrected chi connectivity index (χ3v) is 3.81. The minimum Gasteiger partial charge on any atom is -0.492 e. The molecule has 110 valence electrons.